The molecule has 6 rings (SSSR count). The van der Waals surface area contributed by atoms with E-state index in [1.54, 1.807) is 36.4 Å². The molecule has 0 bridgehead atoms. The Kier molecular flexibility index (Phi) is 5.46. The van der Waals surface area contributed by atoms with Crippen LogP contribution < -0.4 is 9.64 Å². The molecule has 0 spiro atoms. The lowest BCUT2D eigenvalue weighted by Gasteiger charge is -2.35. The van der Waals surface area contributed by atoms with Crippen LogP contribution in [0.2, 0.25) is 5.02 Å². The summed E-state index contributed by atoms with van der Waals surface area (Å²) < 4.78 is 5.08. The highest BCUT2D eigenvalue weighted by molar-refractivity contribution is 6.36. The molecular formula is C29H21ClN2O5. The molecule has 3 aliphatic heterocycles. The molecule has 2 saturated heterocycles. The number of amides is 2. The highest BCUT2D eigenvalue weighted by Crippen LogP contribution is 2.54. The first-order valence-electron chi connectivity index (χ1n) is 11.9. The Labute approximate surface area is 217 Å². The van der Waals surface area contributed by atoms with Crippen LogP contribution in [0.5, 0.6) is 5.75 Å². The number of para-hydroxylation sites is 1. The minimum absolute atomic E-state index is 0.286. The van der Waals surface area contributed by atoms with Gasteiger partial charge in [-0.3, -0.25) is 19.2 Å². The van der Waals surface area contributed by atoms with E-state index >= 15 is 0 Å². The Morgan fingerprint density at radius 1 is 0.865 bits per heavy atom. The highest BCUT2D eigenvalue weighted by Gasteiger charge is 2.64. The fourth-order valence-electron chi connectivity index (χ4n) is 5.75. The van der Waals surface area contributed by atoms with Gasteiger partial charge < -0.3 is 9.64 Å². The second kappa shape index (κ2) is 8.71. The van der Waals surface area contributed by atoms with Crippen molar-refractivity contribution >= 4 is 46.9 Å². The maximum atomic E-state index is 14.0. The molecule has 3 heterocycles. The van der Waals surface area contributed by atoms with E-state index in [1.807, 2.05) is 41.4 Å². The molecule has 7 nitrogen and oxygen atoms in total. The largest absolute Gasteiger partial charge is 0.427 e. The topological polar surface area (TPSA) is 84.0 Å². The fourth-order valence-corrected chi connectivity index (χ4v) is 5.97. The number of carbonyl (C=O) groups is 4. The van der Waals surface area contributed by atoms with Gasteiger partial charge in [-0.2, -0.15) is 0 Å². The first kappa shape index (κ1) is 23.2. The van der Waals surface area contributed by atoms with Crippen molar-refractivity contribution in [3.05, 3.63) is 101 Å². The van der Waals surface area contributed by atoms with E-state index < -0.39 is 35.8 Å². The van der Waals surface area contributed by atoms with Crippen molar-refractivity contribution in [3.8, 4) is 5.75 Å². The summed E-state index contributed by atoms with van der Waals surface area (Å²) in [6, 6.07) is 19.2. The summed E-state index contributed by atoms with van der Waals surface area (Å²) in [5.41, 5.74) is 2.50. The number of anilines is 1. The maximum absolute atomic E-state index is 14.0. The Hall–Kier alpha value is -4.23. The molecule has 0 unspecified atom stereocenters. The number of hydrogen-bond donors (Lipinski definition) is 0. The van der Waals surface area contributed by atoms with Gasteiger partial charge in [-0.05, 0) is 53.6 Å². The molecule has 3 aromatic carbocycles. The zero-order valence-electron chi connectivity index (χ0n) is 19.7. The maximum Gasteiger partial charge on any atom is 0.308 e. The second-order valence-corrected chi connectivity index (χ2v) is 9.69. The van der Waals surface area contributed by atoms with E-state index in [0.717, 1.165) is 16.0 Å². The van der Waals surface area contributed by atoms with Gasteiger partial charge in [0.1, 0.15) is 11.8 Å². The number of imide groups is 1. The Morgan fingerprint density at radius 3 is 2.27 bits per heavy atom. The van der Waals surface area contributed by atoms with E-state index in [1.165, 1.54) is 19.1 Å². The van der Waals surface area contributed by atoms with Gasteiger partial charge in [0.05, 0.1) is 28.6 Å². The normalized spacial score (nSPS) is 23.5. The molecule has 0 aliphatic carbocycles. The molecular weight excluding hydrogens is 492 g/mol. The molecule has 0 aromatic heterocycles. The van der Waals surface area contributed by atoms with Crippen LogP contribution >= 0.6 is 11.6 Å². The average molecular weight is 513 g/mol. The summed E-state index contributed by atoms with van der Waals surface area (Å²) in [7, 11) is 0. The van der Waals surface area contributed by atoms with E-state index in [0.29, 0.717) is 17.0 Å². The molecule has 8 heteroatoms. The third kappa shape index (κ3) is 3.57. The molecule has 2 fully saturated rings. The van der Waals surface area contributed by atoms with Crippen LogP contribution in [0.3, 0.4) is 0 Å². The number of Topliss-reactive ketones (excluding diaryl/α,β-unsaturated/α-hetero) is 1. The van der Waals surface area contributed by atoms with Gasteiger partial charge in [0.15, 0.2) is 5.78 Å². The van der Waals surface area contributed by atoms with Gasteiger partial charge in [0.2, 0.25) is 11.8 Å². The van der Waals surface area contributed by atoms with Crippen molar-refractivity contribution < 1.29 is 23.9 Å². The molecule has 37 heavy (non-hydrogen) atoms. The summed E-state index contributed by atoms with van der Waals surface area (Å²) in [5, 5.41) is 0.286. The lowest BCUT2D eigenvalue weighted by Crippen LogP contribution is -2.44. The van der Waals surface area contributed by atoms with Crippen molar-refractivity contribution in [2.24, 2.45) is 11.8 Å². The Bertz CT molecular complexity index is 1500. The zero-order chi connectivity index (χ0) is 25.8. The molecule has 0 saturated carbocycles. The lowest BCUT2D eigenvalue weighted by molar-refractivity contribution is -0.132. The third-order valence-electron chi connectivity index (χ3n) is 7.22. The molecule has 2 amide bonds. The van der Waals surface area contributed by atoms with Gasteiger partial charge in [-0.15, -0.1) is 0 Å². The summed E-state index contributed by atoms with van der Waals surface area (Å²) in [5.74, 6) is -2.92. The predicted molar refractivity (Wildman–Crippen MR) is 137 cm³/mol. The number of ether oxygens (including phenoxy) is 1. The number of ketones is 1. The smallest absolute Gasteiger partial charge is 0.308 e. The predicted octanol–water partition coefficient (Wildman–Crippen LogP) is 4.66. The summed E-state index contributed by atoms with van der Waals surface area (Å²) in [6.45, 7) is 1.30. The van der Waals surface area contributed by atoms with Gasteiger partial charge >= 0.3 is 5.97 Å². The van der Waals surface area contributed by atoms with Gasteiger partial charge in [0, 0.05) is 18.7 Å². The standard InChI is InChI=1S/C29H21ClN2O5/c1-16(33)37-19-12-10-18(11-13-19)27(34)26-24-23(25-20-7-3-2-6-17(20)14-15-31(25)26)28(35)32(29(24)36)22-9-5-4-8-21(22)30/h2-15,23-26H,1H3/t23-,24-,25+,26+/m0/s1. The van der Waals surface area contributed by atoms with Crippen LogP contribution in [0.4, 0.5) is 5.69 Å². The SMILES string of the molecule is CC(=O)Oc1ccc(C(=O)[C@H]2[C@H]3C(=O)N(c4ccccc4Cl)C(=O)[C@@H]3[C@H]3c4ccccc4C=CN32)cc1. The number of halogens is 1. The van der Waals surface area contributed by atoms with Crippen LogP contribution in [0.25, 0.3) is 6.08 Å². The van der Waals surface area contributed by atoms with Crippen LogP contribution in [0.1, 0.15) is 34.5 Å². The fraction of sp³-hybridized carbons (Fsp3) is 0.172. The summed E-state index contributed by atoms with van der Waals surface area (Å²) in [4.78, 5) is 56.0. The van der Waals surface area contributed by atoms with E-state index in [-0.39, 0.29) is 16.7 Å². The third-order valence-corrected chi connectivity index (χ3v) is 7.54. The number of fused-ring (bicyclic) bond motifs is 5. The van der Waals surface area contributed by atoms with E-state index in [4.69, 9.17) is 16.3 Å². The quantitative estimate of drug-likeness (QED) is 0.219. The van der Waals surface area contributed by atoms with Crippen LogP contribution in [0.15, 0.2) is 79.0 Å². The average Bonchev–Trinajstić information content (AvgIpc) is 3.37. The van der Waals surface area contributed by atoms with Crippen molar-refractivity contribution in [1.29, 1.82) is 0 Å². The molecule has 0 N–H and O–H groups in total. The van der Waals surface area contributed by atoms with Crippen molar-refractivity contribution in [2.45, 2.75) is 19.0 Å². The number of rotatable bonds is 4. The van der Waals surface area contributed by atoms with Crippen molar-refractivity contribution in [2.75, 3.05) is 4.90 Å². The number of hydrogen-bond acceptors (Lipinski definition) is 6. The first-order chi connectivity index (χ1) is 17.9. The van der Waals surface area contributed by atoms with Gasteiger partial charge in [0.25, 0.3) is 0 Å². The molecule has 3 aromatic rings. The van der Waals surface area contributed by atoms with Gasteiger partial charge in [-0.1, -0.05) is 48.0 Å². The molecule has 4 atom stereocenters. The highest BCUT2D eigenvalue weighted by atomic mass is 35.5. The molecule has 184 valence electrons. The summed E-state index contributed by atoms with van der Waals surface area (Å²) >= 11 is 6.39. The van der Waals surface area contributed by atoms with E-state index in [9.17, 15) is 19.2 Å². The number of benzene rings is 3. The first-order valence-corrected chi connectivity index (χ1v) is 12.2. The lowest BCUT2D eigenvalue weighted by atomic mass is 9.83. The van der Waals surface area contributed by atoms with Crippen LogP contribution in [-0.4, -0.2) is 34.5 Å². The Morgan fingerprint density at radius 2 is 1.54 bits per heavy atom. The van der Waals surface area contributed by atoms with Crippen molar-refractivity contribution in [1.82, 2.24) is 4.90 Å². The molecule has 0 radical (unpaired) electrons. The minimum atomic E-state index is -0.900. The number of esters is 1. The second-order valence-electron chi connectivity index (χ2n) is 9.28. The summed E-state index contributed by atoms with van der Waals surface area (Å²) in [6.07, 6.45) is 3.71. The zero-order valence-corrected chi connectivity index (χ0v) is 20.5. The van der Waals surface area contributed by atoms with Crippen LogP contribution in [-0.2, 0) is 14.4 Å². The monoisotopic (exact) mass is 512 g/mol. The molecule has 3 aliphatic rings. The minimum Gasteiger partial charge on any atom is -0.427 e. The number of nitrogens with zero attached hydrogens (tertiary/aromatic N) is 2. The van der Waals surface area contributed by atoms with Gasteiger partial charge in [-0.25, -0.2) is 4.90 Å². The Balaban J connectivity index is 1.45. The van der Waals surface area contributed by atoms with Crippen molar-refractivity contribution in [3.63, 3.8) is 0 Å². The number of carbonyl (C=O) groups excluding carboxylic acids is 4. The van der Waals surface area contributed by atoms with E-state index in [2.05, 4.69) is 0 Å². The van der Waals surface area contributed by atoms with Crippen LogP contribution in [0, 0.1) is 11.8 Å².